The van der Waals surface area contributed by atoms with Gasteiger partial charge in [-0.05, 0) is 44.0 Å². The third kappa shape index (κ3) is 4.04. The van der Waals surface area contributed by atoms with Crippen LogP contribution in [0, 0.1) is 5.41 Å². The van der Waals surface area contributed by atoms with Crippen LogP contribution >= 0.6 is 11.6 Å². The third-order valence-corrected chi connectivity index (χ3v) is 4.95. The van der Waals surface area contributed by atoms with Crippen LogP contribution in [0.15, 0.2) is 28.8 Å². The van der Waals surface area contributed by atoms with Crippen molar-refractivity contribution in [2.45, 2.75) is 32.6 Å². The molecule has 0 bridgehead atoms. The van der Waals surface area contributed by atoms with Crippen LogP contribution < -0.4 is 0 Å². The number of carboxylic acids is 1. The number of rotatable bonds is 6. The molecule has 2 heterocycles. The maximum absolute atomic E-state index is 12.3. The van der Waals surface area contributed by atoms with Crippen LogP contribution in [-0.2, 0) is 16.0 Å². The number of halogens is 1. The quantitative estimate of drug-likeness (QED) is 0.831. The molecule has 0 radical (unpaired) electrons. The van der Waals surface area contributed by atoms with Gasteiger partial charge in [0.2, 0.25) is 17.6 Å². The molecule has 0 saturated carbocycles. The number of hydrogen-bond donors (Lipinski definition) is 1. The standard InChI is InChI=1S/C18H20ClN3O4/c1-18(17(24)25)9-10-22(11-18)15(23)4-2-3-14-20-16(21-26-14)12-5-7-13(19)8-6-12/h5-8H,2-4,9-11H2,1H3,(H,24,25)/t18-/m0/s1. The maximum Gasteiger partial charge on any atom is 0.311 e. The van der Waals surface area contributed by atoms with Crippen molar-refractivity contribution in [3.63, 3.8) is 0 Å². The zero-order valence-corrected chi connectivity index (χ0v) is 15.2. The number of hydrogen-bond acceptors (Lipinski definition) is 5. The number of aromatic nitrogens is 2. The highest BCUT2D eigenvalue weighted by Gasteiger charge is 2.41. The zero-order valence-electron chi connectivity index (χ0n) is 14.4. The van der Waals surface area contributed by atoms with E-state index in [1.807, 2.05) is 12.1 Å². The van der Waals surface area contributed by atoms with Gasteiger partial charge in [0.15, 0.2) is 0 Å². The molecule has 3 rings (SSSR count). The van der Waals surface area contributed by atoms with Crippen LogP contribution in [0.25, 0.3) is 11.4 Å². The number of carboxylic acid groups (broad SMARTS) is 1. The lowest BCUT2D eigenvalue weighted by Crippen LogP contribution is -2.34. The van der Waals surface area contributed by atoms with Gasteiger partial charge in [-0.25, -0.2) is 0 Å². The number of carbonyl (C=O) groups is 2. The van der Waals surface area contributed by atoms with Crippen molar-refractivity contribution in [3.8, 4) is 11.4 Å². The van der Waals surface area contributed by atoms with Crippen LogP contribution in [0.2, 0.25) is 5.02 Å². The molecule has 1 saturated heterocycles. The molecule has 1 aromatic carbocycles. The number of benzene rings is 1. The van der Waals surface area contributed by atoms with Crippen LogP contribution in [0.5, 0.6) is 0 Å². The lowest BCUT2D eigenvalue weighted by Gasteiger charge is -2.20. The molecule has 138 valence electrons. The fraction of sp³-hybridized carbons (Fsp3) is 0.444. The molecule has 1 amide bonds. The van der Waals surface area contributed by atoms with Gasteiger partial charge in [-0.2, -0.15) is 4.98 Å². The topological polar surface area (TPSA) is 96.5 Å². The van der Waals surface area contributed by atoms with Gasteiger partial charge in [-0.15, -0.1) is 0 Å². The van der Waals surface area contributed by atoms with Gasteiger partial charge >= 0.3 is 5.97 Å². The minimum atomic E-state index is -0.853. The number of likely N-dealkylation sites (tertiary alicyclic amines) is 1. The second kappa shape index (κ2) is 7.45. The lowest BCUT2D eigenvalue weighted by atomic mass is 9.90. The first-order chi connectivity index (χ1) is 12.4. The monoisotopic (exact) mass is 377 g/mol. The Kier molecular flexibility index (Phi) is 5.27. The number of carbonyl (C=O) groups excluding carboxylic acids is 1. The van der Waals surface area contributed by atoms with Crippen molar-refractivity contribution in [2.24, 2.45) is 5.41 Å². The predicted octanol–water partition coefficient (Wildman–Crippen LogP) is 3.04. The molecule has 8 heteroatoms. The molecule has 0 spiro atoms. The fourth-order valence-corrected chi connectivity index (χ4v) is 3.10. The second-order valence-corrected chi connectivity index (χ2v) is 7.24. The molecule has 2 aromatic rings. The van der Waals surface area contributed by atoms with Gasteiger partial charge in [0.1, 0.15) is 0 Å². The Morgan fingerprint density at radius 3 is 2.73 bits per heavy atom. The molecule has 7 nitrogen and oxygen atoms in total. The molecule has 1 fully saturated rings. The summed E-state index contributed by atoms with van der Waals surface area (Å²) in [4.78, 5) is 29.5. The molecule has 1 N–H and O–H groups in total. The van der Waals surface area contributed by atoms with E-state index < -0.39 is 11.4 Å². The molecule has 1 aliphatic heterocycles. The minimum Gasteiger partial charge on any atom is -0.481 e. The van der Waals surface area contributed by atoms with Crippen LogP contribution in [0.4, 0.5) is 0 Å². The average molecular weight is 378 g/mol. The van der Waals surface area contributed by atoms with Crippen molar-refractivity contribution < 1.29 is 19.2 Å². The maximum atomic E-state index is 12.3. The Hall–Kier alpha value is -2.41. The number of amides is 1. The highest BCUT2D eigenvalue weighted by atomic mass is 35.5. The van der Waals surface area contributed by atoms with E-state index in [0.29, 0.717) is 49.0 Å². The van der Waals surface area contributed by atoms with Crippen molar-refractivity contribution in [1.82, 2.24) is 15.0 Å². The summed E-state index contributed by atoms with van der Waals surface area (Å²) in [5.74, 6) is 0.0695. The Morgan fingerprint density at radius 2 is 2.08 bits per heavy atom. The van der Waals surface area contributed by atoms with E-state index in [0.717, 1.165) is 5.56 Å². The third-order valence-electron chi connectivity index (χ3n) is 4.69. The summed E-state index contributed by atoms with van der Waals surface area (Å²) in [7, 11) is 0. The summed E-state index contributed by atoms with van der Waals surface area (Å²) in [6, 6.07) is 7.14. The van der Waals surface area contributed by atoms with Gasteiger partial charge in [-0.3, -0.25) is 9.59 Å². The molecular weight excluding hydrogens is 358 g/mol. The van der Waals surface area contributed by atoms with Crippen LogP contribution in [-0.4, -0.2) is 45.1 Å². The highest BCUT2D eigenvalue weighted by Crippen LogP contribution is 2.30. The summed E-state index contributed by atoms with van der Waals surface area (Å²) in [5.41, 5.74) is -0.0270. The van der Waals surface area contributed by atoms with Gasteiger partial charge < -0.3 is 14.5 Å². The van der Waals surface area contributed by atoms with Crippen LogP contribution in [0.1, 0.15) is 32.1 Å². The number of aliphatic carboxylic acids is 1. The highest BCUT2D eigenvalue weighted by molar-refractivity contribution is 6.30. The molecular formula is C18H20ClN3O4. The molecule has 0 aliphatic carbocycles. The Balaban J connectivity index is 1.49. The number of nitrogens with zero attached hydrogens (tertiary/aromatic N) is 3. The van der Waals surface area contributed by atoms with Crippen molar-refractivity contribution in [2.75, 3.05) is 13.1 Å². The molecule has 0 unspecified atom stereocenters. The van der Waals surface area contributed by atoms with E-state index in [4.69, 9.17) is 16.1 Å². The normalized spacial score (nSPS) is 19.7. The van der Waals surface area contributed by atoms with Crippen molar-refractivity contribution >= 4 is 23.5 Å². The molecule has 1 atom stereocenters. The summed E-state index contributed by atoms with van der Waals surface area (Å²) in [5, 5.41) is 13.8. The average Bonchev–Trinajstić information content (AvgIpc) is 3.23. The van der Waals surface area contributed by atoms with Gasteiger partial charge in [0.05, 0.1) is 5.41 Å². The Labute approximate surface area is 155 Å². The Morgan fingerprint density at radius 1 is 1.35 bits per heavy atom. The predicted molar refractivity (Wildman–Crippen MR) is 94.6 cm³/mol. The first kappa shape index (κ1) is 18.4. The summed E-state index contributed by atoms with van der Waals surface area (Å²) in [6.45, 7) is 2.44. The van der Waals surface area contributed by atoms with E-state index in [9.17, 15) is 14.7 Å². The second-order valence-electron chi connectivity index (χ2n) is 6.80. The summed E-state index contributed by atoms with van der Waals surface area (Å²) in [6.07, 6.45) is 1.88. The molecule has 1 aliphatic rings. The Bertz CT molecular complexity index is 805. The molecule has 26 heavy (non-hydrogen) atoms. The van der Waals surface area contributed by atoms with E-state index in [1.54, 1.807) is 24.0 Å². The first-order valence-electron chi connectivity index (χ1n) is 8.47. The lowest BCUT2D eigenvalue weighted by molar-refractivity contribution is -0.147. The van der Waals surface area contributed by atoms with Gasteiger partial charge in [0.25, 0.3) is 0 Å². The van der Waals surface area contributed by atoms with E-state index in [2.05, 4.69) is 10.1 Å². The first-order valence-corrected chi connectivity index (χ1v) is 8.85. The smallest absolute Gasteiger partial charge is 0.311 e. The van der Waals surface area contributed by atoms with E-state index >= 15 is 0 Å². The molecule has 1 aromatic heterocycles. The van der Waals surface area contributed by atoms with Gasteiger partial charge in [0, 0.05) is 36.5 Å². The number of aryl methyl sites for hydroxylation is 1. The van der Waals surface area contributed by atoms with E-state index in [-0.39, 0.29) is 12.5 Å². The van der Waals surface area contributed by atoms with Crippen molar-refractivity contribution in [3.05, 3.63) is 35.2 Å². The summed E-state index contributed by atoms with van der Waals surface area (Å²) < 4.78 is 5.22. The van der Waals surface area contributed by atoms with Crippen molar-refractivity contribution in [1.29, 1.82) is 0 Å². The minimum absolute atomic E-state index is 0.0348. The van der Waals surface area contributed by atoms with Crippen LogP contribution in [0.3, 0.4) is 0 Å². The largest absolute Gasteiger partial charge is 0.481 e. The zero-order chi connectivity index (χ0) is 18.7. The fourth-order valence-electron chi connectivity index (χ4n) is 2.97. The summed E-state index contributed by atoms with van der Waals surface area (Å²) >= 11 is 5.86. The van der Waals surface area contributed by atoms with Gasteiger partial charge in [-0.1, -0.05) is 16.8 Å². The SMILES string of the molecule is C[C@]1(C(=O)O)CCN(C(=O)CCCc2nc(-c3ccc(Cl)cc3)no2)C1. The van der Waals surface area contributed by atoms with E-state index in [1.165, 1.54) is 0 Å².